The first-order valence-electron chi connectivity index (χ1n) is 18.2. The van der Waals surface area contributed by atoms with Gasteiger partial charge in [0, 0.05) is 62.8 Å². The number of rotatable bonds is 5. The number of fused-ring (bicyclic) bond motifs is 9. The van der Waals surface area contributed by atoms with Crippen molar-refractivity contribution in [1.82, 2.24) is 0 Å². The van der Waals surface area contributed by atoms with E-state index in [4.69, 9.17) is 0 Å². The summed E-state index contributed by atoms with van der Waals surface area (Å²) in [5.74, 6) is 0. The van der Waals surface area contributed by atoms with E-state index in [1.165, 1.54) is 79.3 Å². The largest absolute Gasteiger partial charge is 0.310 e. The molecule has 0 atom stereocenters. The molecule has 11 rings (SSSR count). The lowest BCUT2D eigenvalue weighted by molar-refractivity contribution is 0.717. The smallest absolute Gasteiger partial charge is 0.0476 e. The van der Waals surface area contributed by atoms with Crippen LogP contribution in [0.15, 0.2) is 182 Å². The Hall–Kier alpha value is -6.00. The Kier molecular flexibility index (Phi) is 6.79. The monoisotopic (exact) mass is 711 g/mol. The molecule has 0 bridgehead atoms. The van der Waals surface area contributed by atoms with Crippen LogP contribution in [0, 0.1) is 0 Å². The minimum Gasteiger partial charge on any atom is -0.310 e. The third kappa shape index (κ3) is 4.54. The van der Waals surface area contributed by atoms with E-state index in [0.717, 1.165) is 17.1 Å². The summed E-state index contributed by atoms with van der Waals surface area (Å²) in [6, 6.07) is 67.4. The van der Waals surface area contributed by atoms with Crippen molar-refractivity contribution >= 4 is 80.1 Å². The Morgan fingerprint density at radius 1 is 0.396 bits per heavy atom. The second-order valence-electron chi connectivity index (χ2n) is 14.2. The summed E-state index contributed by atoms with van der Waals surface area (Å²) in [5, 5.41) is 5.29. The predicted molar refractivity (Wildman–Crippen MR) is 230 cm³/mol. The Morgan fingerprint density at radius 2 is 0.943 bits per heavy atom. The Morgan fingerprint density at radius 3 is 1.68 bits per heavy atom. The van der Waals surface area contributed by atoms with E-state index in [9.17, 15) is 0 Å². The first-order chi connectivity index (χ1) is 26.2. The third-order valence-electron chi connectivity index (χ3n) is 11.4. The van der Waals surface area contributed by atoms with Crippen LogP contribution in [0.3, 0.4) is 0 Å². The topological polar surface area (TPSA) is 3.24 Å². The van der Waals surface area contributed by atoms with Crippen molar-refractivity contribution in [1.29, 1.82) is 0 Å². The van der Waals surface area contributed by atoms with Crippen LogP contribution in [0.5, 0.6) is 0 Å². The number of hydrogen-bond acceptors (Lipinski definition) is 3. The second kappa shape index (κ2) is 11.8. The molecule has 2 aromatic heterocycles. The molecule has 8 aromatic carbocycles. The van der Waals surface area contributed by atoms with Gasteiger partial charge >= 0.3 is 0 Å². The summed E-state index contributed by atoms with van der Waals surface area (Å²) in [6.45, 7) is 2.44. The zero-order valence-electron chi connectivity index (χ0n) is 29.1. The zero-order chi connectivity index (χ0) is 35.1. The van der Waals surface area contributed by atoms with Crippen molar-refractivity contribution in [3.05, 3.63) is 199 Å². The lowest BCUT2D eigenvalue weighted by atomic mass is 9.71. The van der Waals surface area contributed by atoms with Crippen LogP contribution in [0.1, 0.15) is 23.6 Å². The van der Waals surface area contributed by atoms with Crippen molar-refractivity contribution in [3.8, 4) is 22.3 Å². The molecule has 0 saturated carbocycles. The summed E-state index contributed by atoms with van der Waals surface area (Å²) in [4.78, 5) is 2.39. The summed E-state index contributed by atoms with van der Waals surface area (Å²) in [6.07, 6.45) is 0. The molecule has 0 fully saturated rings. The van der Waals surface area contributed by atoms with E-state index >= 15 is 0 Å². The maximum Gasteiger partial charge on any atom is 0.0476 e. The van der Waals surface area contributed by atoms with Gasteiger partial charge in [0.2, 0.25) is 0 Å². The van der Waals surface area contributed by atoms with Gasteiger partial charge in [-0.05, 0) is 100 Å². The molecule has 1 aliphatic rings. The normalized spacial score (nSPS) is 13.2. The van der Waals surface area contributed by atoms with Gasteiger partial charge in [0.25, 0.3) is 0 Å². The Labute approximate surface area is 316 Å². The average Bonchev–Trinajstić information content (AvgIpc) is 3.87. The number of para-hydroxylation sites is 1. The van der Waals surface area contributed by atoms with E-state index in [1.807, 2.05) is 22.7 Å². The minimum atomic E-state index is -0.325. The molecule has 250 valence electrons. The number of anilines is 3. The van der Waals surface area contributed by atoms with Gasteiger partial charge in [-0.3, -0.25) is 0 Å². The molecule has 3 heteroatoms. The number of hydrogen-bond donors (Lipinski definition) is 0. The van der Waals surface area contributed by atoms with E-state index in [0.29, 0.717) is 0 Å². The molecular formula is C50H33NS2. The molecule has 0 aliphatic heterocycles. The van der Waals surface area contributed by atoms with E-state index in [1.54, 1.807) is 0 Å². The average molecular weight is 712 g/mol. The van der Waals surface area contributed by atoms with Crippen molar-refractivity contribution in [2.45, 2.75) is 12.3 Å². The summed E-state index contributed by atoms with van der Waals surface area (Å²) in [5.41, 5.74) is 12.4. The predicted octanol–water partition coefficient (Wildman–Crippen LogP) is 14.9. The molecule has 53 heavy (non-hydrogen) atoms. The van der Waals surface area contributed by atoms with E-state index < -0.39 is 0 Å². The summed E-state index contributed by atoms with van der Waals surface area (Å²) < 4.78 is 5.26. The van der Waals surface area contributed by atoms with Crippen LogP contribution in [-0.2, 0) is 5.41 Å². The Bertz CT molecular complexity index is 2980. The number of benzene rings is 8. The van der Waals surface area contributed by atoms with Gasteiger partial charge in [-0.15, -0.1) is 22.7 Å². The molecule has 2 heterocycles. The molecule has 0 spiro atoms. The number of thiophene rings is 2. The number of nitrogens with zero attached hydrogens (tertiary/aromatic N) is 1. The van der Waals surface area contributed by atoms with Gasteiger partial charge in [-0.1, -0.05) is 127 Å². The van der Waals surface area contributed by atoms with Crippen molar-refractivity contribution in [2.75, 3.05) is 4.90 Å². The van der Waals surface area contributed by atoms with Crippen LogP contribution in [0.4, 0.5) is 17.1 Å². The molecule has 1 aliphatic carbocycles. The van der Waals surface area contributed by atoms with Crippen molar-refractivity contribution < 1.29 is 0 Å². The zero-order valence-corrected chi connectivity index (χ0v) is 30.7. The molecule has 0 radical (unpaired) electrons. The molecule has 1 nitrogen and oxygen atoms in total. The lowest BCUT2D eigenvalue weighted by Crippen LogP contribution is -2.23. The van der Waals surface area contributed by atoms with Crippen LogP contribution in [0.25, 0.3) is 62.6 Å². The fraction of sp³-hybridized carbons (Fsp3) is 0.0400. The molecule has 0 unspecified atom stereocenters. The van der Waals surface area contributed by atoms with Crippen LogP contribution >= 0.6 is 22.7 Å². The molecule has 0 amide bonds. The van der Waals surface area contributed by atoms with Gasteiger partial charge < -0.3 is 4.90 Å². The molecule has 0 saturated heterocycles. The minimum absolute atomic E-state index is 0.325. The fourth-order valence-corrected chi connectivity index (χ4v) is 11.2. The highest BCUT2D eigenvalue weighted by Gasteiger charge is 2.42. The standard InChI is InChI=1S/C50H33NS2/c1-50(41-19-9-5-15-36(41)37-16-6-10-20-42(37)50)43-29-30-46-49(40-18-8-12-22-45(40)52-46)48(43)32-23-25-34(26-24-32)51(33-13-3-2-4-14-33)35-27-28-39-38-17-7-11-21-44(38)53-47(39)31-35/h2-31H,1H3. The maximum absolute atomic E-state index is 2.44. The van der Waals surface area contributed by atoms with Crippen LogP contribution in [-0.4, -0.2) is 0 Å². The highest BCUT2D eigenvalue weighted by molar-refractivity contribution is 7.26. The summed E-state index contributed by atoms with van der Waals surface area (Å²) >= 11 is 3.75. The SMILES string of the molecule is CC1(c2ccc3sc4ccccc4c3c2-c2ccc(N(c3ccccc3)c3ccc4c(c3)sc3ccccc34)cc2)c2ccccc2-c2ccccc21. The third-order valence-corrected chi connectivity index (χ3v) is 13.6. The highest BCUT2D eigenvalue weighted by Crippen LogP contribution is 2.56. The van der Waals surface area contributed by atoms with Gasteiger partial charge in [0.05, 0.1) is 0 Å². The van der Waals surface area contributed by atoms with E-state index in [-0.39, 0.29) is 5.41 Å². The maximum atomic E-state index is 2.44. The molecule has 10 aromatic rings. The quantitative estimate of drug-likeness (QED) is 0.172. The van der Waals surface area contributed by atoms with Crippen molar-refractivity contribution in [2.24, 2.45) is 0 Å². The van der Waals surface area contributed by atoms with Gasteiger partial charge in [0.1, 0.15) is 0 Å². The Balaban J connectivity index is 1.13. The second-order valence-corrected chi connectivity index (χ2v) is 16.3. The fourth-order valence-electron chi connectivity index (χ4n) is 8.93. The molecular weight excluding hydrogens is 679 g/mol. The van der Waals surface area contributed by atoms with Crippen LogP contribution in [0.2, 0.25) is 0 Å². The summed E-state index contributed by atoms with van der Waals surface area (Å²) in [7, 11) is 0. The highest BCUT2D eigenvalue weighted by atomic mass is 32.1. The first-order valence-corrected chi connectivity index (χ1v) is 19.8. The molecule has 0 N–H and O–H groups in total. The van der Waals surface area contributed by atoms with Gasteiger partial charge in [-0.2, -0.15) is 0 Å². The van der Waals surface area contributed by atoms with Gasteiger partial charge in [-0.25, -0.2) is 0 Å². The van der Waals surface area contributed by atoms with Gasteiger partial charge in [0.15, 0.2) is 0 Å². The lowest BCUT2D eigenvalue weighted by Gasteiger charge is -2.31. The first kappa shape index (κ1) is 30.6. The van der Waals surface area contributed by atoms with E-state index in [2.05, 4.69) is 194 Å². The van der Waals surface area contributed by atoms with Crippen molar-refractivity contribution in [3.63, 3.8) is 0 Å². The van der Waals surface area contributed by atoms with Crippen LogP contribution < -0.4 is 4.90 Å².